The van der Waals surface area contributed by atoms with Gasteiger partial charge in [0.25, 0.3) is 11.8 Å². The van der Waals surface area contributed by atoms with Crippen molar-refractivity contribution in [3.63, 3.8) is 0 Å². The van der Waals surface area contributed by atoms with Crippen LogP contribution < -0.4 is 15.0 Å². The maximum atomic E-state index is 14.0. The zero-order valence-electron chi connectivity index (χ0n) is 24.0. The number of hydrogen-bond donors (Lipinski definition) is 2. The number of fused-ring (bicyclic) bond motifs is 1. The largest absolute Gasteiger partial charge is 0.479 e. The lowest BCUT2D eigenvalue weighted by Gasteiger charge is -2.41. The summed E-state index contributed by atoms with van der Waals surface area (Å²) in [6, 6.07) is 11.8. The van der Waals surface area contributed by atoms with Gasteiger partial charge in [-0.2, -0.15) is 0 Å². The van der Waals surface area contributed by atoms with Gasteiger partial charge in [0.15, 0.2) is 6.10 Å². The molecule has 4 amide bonds. The number of hydrogen-bond acceptors (Lipinski definition) is 6. The summed E-state index contributed by atoms with van der Waals surface area (Å²) in [7, 11) is 0. The Labute approximate surface area is 245 Å². The van der Waals surface area contributed by atoms with Crippen molar-refractivity contribution in [3.05, 3.63) is 59.2 Å². The highest BCUT2D eigenvalue weighted by Crippen LogP contribution is 2.37. The van der Waals surface area contributed by atoms with Gasteiger partial charge in [0.05, 0.1) is 17.3 Å². The number of ether oxygens (including phenoxy) is 2. The second-order valence-corrected chi connectivity index (χ2v) is 10.6. The maximum absolute atomic E-state index is 14.0. The van der Waals surface area contributed by atoms with E-state index in [9.17, 15) is 24.3 Å². The zero-order valence-corrected chi connectivity index (χ0v) is 24.0. The Morgan fingerprint density at radius 1 is 1.24 bits per heavy atom. The Hall–Kier alpha value is -4.72. The van der Waals surface area contributed by atoms with Gasteiger partial charge in [0.2, 0.25) is 0 Å². The highest BCUT2D eigenvalue weighted by atomic mass is 16.5. The number of carbonyl (C=O) groups is 4. The van der Waals surface area contributed by atoms with Crippen molar-refractivity contribution in [1.29, 1.82) is 0 Å². The molecule has 42 heavy (non-hydrogen) atoms. The molecule has 0 aromatic heterocycles. The van der Waals surface area contributed by atoms with Gasteiger partial charge in [0, 0.05) is 37.8 Å². The molecule has 2 aliphatic heterocycles. The molecule has 2 heterocycles. The Morgan fingerprint density at radius 2 is 1.98 bits per heavy atom. The van der Waals surface area contributed by atoms with Gasteiger partial charge in [-0.1, -0.05) is 36.3 Å². The summed E-state index contributed by atoms with van der Waals surface area (Å²) >= 11 is 0. The molecule has 2 atom stereocenters. The van der Waals surface area contributed by atoms with E-state index in [1.165, 1.54) is 9.80 Å². The van der Waals surface area contributed by atoms with Gasteiger partial charge >= 0.3 is 12.2 Å². The lowest BCUT2D eigenvalue weighted by Crippen LogP contribution is -2.54. The summed E-state index contributed by atoms with van der Waals surface area (Å²) in [5, 5.41) is 12.2. The molecule has 1 saturated heterocycles. The first-order chi connectivity index (χ1) is 20.1. The lowest BCUT2D eigenvalue weighted by atomic mass is 9.98. The van der Waals surface area contributed by atoms with E-state index in [-0.39, 0.29) is 55.7 Å². The molecule has 1 fully saturated rings. The Balaban J connectivity index is 1.54. The molecule has 4 rings (SSSR count). The van der Waals surface area contributed by atoms with E-state index < -0.39 is 18.3 Å². The third kappa shape index (κ3) is 6.77. The van der Waals surface area contributed by atoms with Gasteiger partial charge < -0.3 is 34.6 Å². The van der Waals surface area contributed by atoms with Crippen molar-refractivity contribution in [3.8, 4) is 18.1 Å². The highest BCUT2D eigenvalue weighted by Gasteiger charge is 2.36. The monoisotopic (exact) mass is 576 g/mol. The third-order valence-electron chi connectivity index (χ3n) is 7.36. The van der Waals surface area contributed by atoms with Crippen LogP contribution in [0.1, 0.15) is 55.1 Å². The van der Waals surface area contributed by atoms with Crippen molar-refractivity contribution < 1.29 is 33.8 Å². The maximum Gasteiger partial charge on any atom is 0.407 e. The molecule has 2 aliphatic rings. The second kappa shape index (κ2) is 13.3. The molecular weight excluding hydrogens is 540 g/mol. The van der Waals surface area contributed by atoms with E-state index in [1.807, 2.05) is 44.2 Å². The molecule has 2 aromatic carbocycles. The normalized spacial score (nSPS) is 18.0. The number of nitrogens with one attached hydrogen (secondary N) is 1. The highest BCUT2D eigenvalue weighted by molar-refractivity contribution is 6.04. The quantitative estimate of drug-likeness (QED) is 0.459. The molecule has 0 radical (unpaired) electrons. The standard InChI is InChI=1S/C31H36N4O7/c1-5-23-16-27-26(17-25(23)29(37)35(20(2)3)24-12-9-14-33(18-24)31(39)40)34(28(36)21(4)42-27)15-13-32-30(38)41-19-22-10-7-6-8-11-22/h1,6-8,10-11,16-17,20-21,24H,9,12-15,18-19H2,2-4H3,(H,32,38)(H,39,40)/t21-,24-/m1/s1. The van der Waals surface area contributed by atoms with Gasteiger partial charge in [-0.05, 0) is 51.3 Å². The SMILES string of the molecule is C#Cc1cc2c(cc1C(=O)N(C(C)C)[C@@H]1CCCN(C(=O)O)C1)N(CCNC(=O)OCc1ccccc1)C(=O)[C@@H](C)O2. The van der Waals surface area contributed by atoms with Crippen LogP contribution in [0.5, 0.6) is 5.75 Å². The number of terminal acetylenes is 1. The van der Waals surface area contributed by atoms with Crippen molar-refractivity contribution in [2.24, 2.45) is 0 Å². The number of likely N-dealkylation sites (tertiary alicyclic amines) is 1. The van der Waals surface area contributed by atoms with Crippen LogP contribution in [0.3, 0.4) is 0 Å². The van der Waals surface area contributed by atoms with E-state index in [2.05, 4.69) is 11.2 Å². The van der Waals surface area contributed by atoms with Crippen molar-refractivity contribution in [1.82, 2.24) is 15.1 Å². The fourth-order valence-corrected chi connectivity index (χ4v) is 5.34. The van der Waals surface area contributed by atoms with E-state index in [0.717, 1.165) is 5.56 Å². The molecule has 11 nitrogen and oxygen atoms in total. The summed E-state index contributed by atoms with van der Waals surface area (Å²) < 4.78 is 11.1. The summed E-state index contributed by atoms with van der Waals surface area (Å²) in [5.41, 5.74) is 1.72. The van der Waals surface area contributed by atoms with Crippen molar-refractivity contribution in [2.75, 3.05) is 31.1 Å². The minimum Gasteiger partial charge on any atom is -0.479 e. The average Bonchev–Trinajstić information content (AvgIpc) is 2.98. The summed E-state index contributed by atoms with van der Waals surface area (Å²) in [6.45, 7) is 6.29. The molecule has 0 spiro atoms. The van der Waals surface area contributed by atoms with Gasteiger partial charge in [-0.25, -0.2) is 9.59 Å². The number of carbonyl (C=O) groups excluding carboxylic acids is 3. The first kappa shape index (κ1) is 30.2. The molecular formula is C31H36N4O7. The molecule has 2 aromatic rings. The molecule has 0 unspecified atom stereocenters. The first-order valence-corrected chi connectivity index (χ1v) is 14.0. The average molecular weight is 577 g/mol. The van der Waals surface area contributed by atoms with E-state index in [1.54, 1.807) is 24.0 Å². The van der Waals surface area contributed by atoms with Crippen LogP contribution in [0.25, 0.3) is 0 Å². The third-order valence-corrected chi connectivity index (χ3v) is 7.36. The van der Waals surface area contributed by atoms with Crippen molar-refractivity contribution in [2.45, 2.75) is 58.4 Å². The number of piperidine rings is 1. The van der Waals surface area contributed by atoms with Crippen molar-refractivity contribution >= 4 is 29.7 Å². The van der Waals surface area contributed by atoms with E-state index >= 15 is 0 Å². The molecule has 222 valence electrons. The van der Waals surface area contributed by atoms with E-state index in [4.69, 9.17) is 15.9 Å². The minimum absolute atomic E-state index is 0.0942. The van der Waals surface area contributed by atoms with Gasteiger partial charge in [-0.15, -0.1) is 6.42 Å². The first-order valence-electron chi connectivity index (χ1n) is 14.0. The van der Waals surface area contributed by atoms with Crippen LogP contribution in [0, 0.1) is 12.3 Å². The van der Waals surface area contributed by atoms with Crippen LogP contribution in [0.2, 0.25) is 0 Å². The predicted octanol–water partition coefficient (Wildman–Crippen LogP) is 3.70. The Bertz CT molecular complexity index is 1370. The molecule has 0 aliphatic carbocycles. The fourth-order valence-electron chi connectivity index (χ4n) is 5.34. The number of anilines is 1. The topological polar surface area (TPSA) is 129 Å². The number of benzene rings is 2. The second-order valence-electron chi connectivity index (χ2n) is 10.6. The van der Waals surface area contributed by atoms with Gasteiger partial charge in [-0.3, -0.25) is 9.59 Å². The van der Waals surface area contributed by atoms with Crippen LogP contribution in [-0.4, -0.2) is 83.3 Å². The summed E-state index contributed by atoms with van der Waals surface area (Å²) in [6.07, 6.45) is 4.66. The van der Waals surface area contributed by atoms with Crippen LogP contribution >= 0.6 is 0 Å². The van der Waals surface area contributed by atoms with Gasteiger partial charge in [0.1, 0.15) is 12.4 Å². The molecule has 0 saturated carbocycles. The predicted molar refractivity (Wildman–Crippen MR) is 155 cm³/mol. The summed E-state index contributed by atoms with van der Waals surface area (Å²) in [4.78, 5) is 55.5. The van der Waals surface area contributed by atoms with Crippen LogP contribution in [0.15, 0.2) is 42.5 Å². The molecule has 0 bridgehead atoms. The number of amides is 4. The molecule has 2 N–H and O–H groups in total. The number of alkyl carbamates (subject to hydrolysis) is 1. The Morgan fingerprint density at radius 3 is 2.64 bits per heavy atom. The lowest BCUT2D eigenvalue weighted by molar-refractivity contribution is -0.125. The minimum atomic E-state index is -1.02. The Kier molecular flexibility index (Phi) is 9.57. The summed E-state index contributed by atoms with van der Waals surface area (Å²) in [5.74, 6) is 2.23. The van der Waals surface area contributed by atoms with E-state index in [0.29, 0.717) is 36.4 Å². The van der Waals surface area contributed by atoms with Crippen LogP contribution in [0.4, 0.5) is 15.3 Å². The fraction of sp³-hybridized carbons (Fsp3) is 0.419. The zero-order chi connectivity index (χ0) is 30.4. The number of nitrogens with zero attached hydrogens (tertiary/aromatic N) is 3. The molecule has 11 heteroatoms. The number of carboxylic acid groups (broad SMARTS) is 1. The number of rotatable bonds is 8. The van der Waals surface area contributed by atoms with Crippen LogP contribution in [-0.2, 0) is 16.1 Å². The smallest absolute Gasteiger partial charge is 0.407 e.